The number of amides is 1. The number of likely N-dealkylation sites (N-methyl/N-ethyl adjacent to an activating group) is 1. The first-order valence-electron chi connectivity index (χ1n) is 18.9. The molecular formula is C35H64N6O9P+. The maximum atomic E-state index is 12.9. The Bertz CT molecular complexity index is 1320. The van der Waals surface area contributed by atoms with Crippen molar-refractivity contribution in [3.05, 3.63) is 22.2 Å². The second-order valence-corrected chi connectivity index (χ2v) is 15.9. The highest BCUT2D eigenvalue weighted by Gasteiger charge is 2.28. The molecule has 1 heterocycles. The number of hydrogen-bond acceptors (Lipinski definition) is 11. The summed E-state index contributed by atoms with van der Waals surface area (Å²) in [5.74, 6) is -0.287. The average Bonchev–Trinajstić information content (AvgIpc) is 3.56. The number of nitrogens with one attached hydrogen (secondary N) is 2. The molecule has 3 atom stereocenters. The van der Waals surface area contributed by atoms with E-state index in [9.17, 15) is 29.5 Å². The van der Waals surface area contributed by atoms with Gasteiger partial charge < -0.3 is 25.1 Å². The number of phosphoric acid groups is 1. The Kier molecular flexibility index (Phi) is 21.4. The first-order chi connectivity index (χ1) is 24.3. The number of aliphatic hydroxyl groups is 1. The molecule has 4 N–H and O–H groups in total. The molecule has 16 heteroatoms. The first kappa shape index (κ1) is 44.5. The van der Waals surface area contributed by atoms with Crippen molar-refractivity contribution in [1.29, 1.82) is 0 Å². The number of aliphatic hydroxyl groups excluding tert-OH is 1. The van der Waals surface area contributed by atoms with Crippen LogP contribution in [0, 0.1) is 10.1 Å². The van der Waals surface area contributed by atoms with Crippen molar-refractivity contribution in [2.75, 3.05) is 52.8 Å². The van der Waals surface area contributed by atoms with Gasteiger partial charge in [-0.25, -0.2) is 9.19 Å². The number of nitrogens with zero attached hydrogens (tertiary/aromatic N) is 4. The molecule has 0 bridgehead atoms. The predicted molar refractivity (Wildman–Crippen MR) is 198 cm³/mol. The fourth-order valence-corrected chi connectivity index (χ4v) is 6.43. The predicted octanol–water partition coefficient (Wildman–Crippen LogP) is 7.27. The van der Waals surface area contributed by atoms with E-state index in [1.165, 1.54) is 70.3 Å². The molecule has 0 radical (unpaired) electrons. The minimum Gasteiger partial charge on any atom is -0.391 e. The van der Waals surface area contributed by atoms with E-state index < -0.39 is 24.9 Å². The molecule has 2 aromatic rings. The second-order valence-electron chi connectivity index (χ2n) is 14.5. The van der Waals surface area contributed by atoms with Gasteiger partial charge in [-0.1, -0.05) is 96.8 Å². The van der Waals surface area contributed by atoms with Gasteiger partial charge in [-0.3, -0.25) is 24.0 Å². The molecule has 1 unspecified atom stereocenters. The smallest absolute Gasteiger partial charge is 0.391 e. The van der Waals surface area contributed by atoms with Gasteiger partial charge in [-0.15, -0.1) is 0 Å². The van der Waals surface area contributed by atoms with Crippen LogP contribution in [0.15, 0.2) is 16.8 Å². The SMILES string of the molecule is CCCCCCCCCCCCCCC[C@@H](O)[C@H](COP(=O)(O)OCC[N+](C)(C)C)NC(=O)CCCCCNc1ccc([N+](=O)[O-])c2nonc12. The number of rotatable bonds is 31. The number of carbonyl (C=O) groups excluding carboxylic acids is 1. The van der Waals surface area contributed by atoms with Crippen molar-refractivity contribution < 1.29 is 42.4 Å². The number of hydrogen-bond donors (Lipinski definition) is 4. The number of aromatic nitrogens is 2. The summed E-state index contributed by atoms with van der Waals surface area (Å²) in [6.07, 6.45) is 17.4. The Morgan fingerprint density at radius 3 is 2.12 bits per heavy atom. The molecule has 1 aromatic heterocycles. The van der Waals surface area contributed by atoms with Crippen molar-refractivity contribution in [1.82, 2.24) is 15.6 Å². The zero-order valence-electron chi connectivity index (χ0n) is 31.4. The number of non-ortho nitro benzene ring substituents is 1. The normalized spacial score (nSPS) is 14.3. The number of fused-ring (bicyclic) bond motifs is 1. The van der Waals surface area contributed by atoms with Gasteiger partial charge in [0.05, 0.1) is 50.5 Å². The molecule has 0 aliphatic heterocycles. The van der Waals surface area contributed by atoms with Gasteiger partial charge in [0.2, 0.25) is 11.4 Å². The lowest BCUT2D eigenvalue weighted by Gasteiger charge is -2.26. The number of carbonyl (C=O) groups is 1. The summed E-state index contributed by atoms with van der Waals surface area (Å²) in [7, 11) is 1.43. The van der Waals surface area contributed by atoms with Crippen molar-refractivity contribution in [3.8, 4) is 0 Å². The molecule has 51 heavy (non-hydrogen) atoms. The number of nitro benzene ring substituents is 1. The van der Waals surface area contributed by atoms with E-state index in [0.29, 0.717) is 48.9 Å². The van der Waals surface area contributed by atoms with Crippen LogP contribution < -0.4 is 10.6 Å². The summed E-state index contributed by atoms with van der Waals surface area (Å²) in [6.45, 7) is 2.95. The standard InChI is InChI=1S/C35H63N6O9P/c1-5-6-7-8-9-10-11-12-13-14-15-16-18-21-32(42)30(28-49-51(46,47)48-27-26-41(2,3)4)37-33(43)22-19-17-20-25-36-29-23-24-31(40(44)45)35-34(29)38-50-39-35/h23-24,30,32,42H,5-22,25-28H2,1-4H3,(H2-,36,37,39,43,46,47)/p+1/t30-,32+/m0/s1. The lowest BCUT2D eigenvalue weighted by Crippen LogP contribution is -2.46. The molecule has 2 rings (SSSR count). The molecule has 1 aromatic carbocycles. The van der Waals surface area contributed by atoms with Crippen molar-refractivity contribution in [2.24, 2.45) is 0 Å². The van der Waals surface area contributed by atoms with E-state index in [2.05, 4.69) is 27.9 Å². The van der Waals surface area contributed by atoms with Crippen LogP contribution >= 0.6 is 7.82 Å². The number of anilines is 1. The summed E-state index contributed by atoms with van der Waals surface area (Å²) < 4.78 is 28.1. The third-order valence-electron chi connectivity index (χ3n) is 8.83. The molecule has 1 amide bonds. The Hall–Kier alpha value is -2.68. The molecule has 292 valence electrons. The molecule has 0 aliphatic carbocycles. The summed E-state index contributed by atoms with van der Waals surface area (Å²) in [5, 5.41) is 35.6. The van der Waals surface area contributed by atoms with Crippen LogP contribution in [0.1, 0.15) is 122 Å². The minimum atomic E-state index is -4.38. The van der Waals surface area contributed by atoms with Gasteiger partial charge in [0.1, 0.15) is 13.2 Å². The minimum absolute atomic E-state index is 0.0230. The lowest BCUT2D eigenvalue weighted by atomic mass is 10.0. The van der Waals surface area contributed by atoms with Crippen LogP contribution in [0.25, 0.3) is 11.0 Å². The molecule has 0 fully saturated rings. The Morgan fingerprint density at radius 2 is 1.51 bits per heavy atom. The molecule has 0 spiro atoms. The van der Waals surface area contributed by atoms with E-state index in [4.69, 9.17) is 13.7 Å². The fourth-order valence-electron chi connectivity index (χ4n) is 5.70. The third kappa shape index (κ3) is 19.7. The van der Waals surface area contributed by atoms with Gasteiger partial charge in [0.15, 0.2) is 5.52 Å². The number of nitro groups is 1. The Labute approximate surface area is 303 Å². The zero-order chi connectivity index (χ0) is 37.5. The quantitative estimate of drug-likeness (QED) is 0.0198. The molecule has 0 saturated heterocycles. The van der Waals surface area contributed by atoms with Crippen LogP contribution in [0.5, 0.6) is 0 Å². The first-order valence-corrected chi connectivity index (χ1v) is 20.4. The van der Waals surface area contributed by atoms with Gasteiger partial charge in [-0.05, 0) is 35.6 Å². The molecular weight excluding hydrogens is 679 g/mol. The highest BCUT2D eigenvalue weighted by atomic mass is 31.2. The van der Waals surface area contributed by atoms with Crippen molar-refractivity contribution in [2.45, 2.75) is 135 Å². The van der Waals surface area contributed by atoms with Crippen LogP contribution in [0.4, 0.5) is 11.4 Å². The van der Waals surface area contributed by atoms with E-state index in [0.717, 1.165) is 19.3 Å². The lowest BCUT2D eigenvalue weighted by molar-refractivity contribution is -0.870. The number of quaternary nitrogens is 1. The van der Waals surface area contributed by atoms with Crippen LogP contribution in [-0.2, 0) is 18.4 Å². The van der Waals surface area contributed by atoms with Crippen molar-refractivity contribution in [3.63, 3.8) is 0 Å². The number of unbranched alkanes of at least 4 members (excludes halogenated alkanes) is 14. The van der Waals surface area contributed by atoms with Gasteiger partial charge in [0, 0.05) is 19.0 Å². The number of benzene rings is 1. The average molecular weight is 744 g/mol. The van der Waals surface area contributed by atoms with E-state index >= 15 is 0 Å². The van der Waals surface area contributed by atoms with E-state index in [-0.39, 0.29) is 42.3 Å². The zero-order valence-corrected chi connectivity index (χ0v) is 32.2. The van der Waals surface area contributed by atoms with Crippen LogP contribution in [0.3, 0.4) is 0 Å². The Balaban J connectivity index is 1.75. The largest absolute Gasteiger partial charge is 0.472 e. The van der Waals surface area contributed by atoms with E-state index in [1.807, 2.05) is 21.1 Å². The van der Waals surface area contributed by atoms with E-state index in [1.54, 1.807) is 6.07 Å². The highest BCUT2D eigenvalue weighted by molar-refractivity contribution is 7.47. The summed E-state index contributed by atoms with van der Waals surface area (Å²) in [4.78, 5) is 33.8. The summed E-state index contributed by atoms with van der Waals surface area (Å²) >= 11 is 0. The summed E-state index contributed by atoms with van der Waals surface area (Å²) in [5.41, 5.74) is 0.734. The van der Waals surface area contributed by atoms with Crippen molar-refractivity contribution >= 4 is 36.1 Å². The number of phosphoric ester groups is 1. The van der Waals surface area contributed by atoms with Gasteiger partial charge in [-0.2, -0.15) is 0 Å². The van der Waals surface area contributed by atoms with Crippen LogP contribution in [-0.4, -0.2) is 95.2 Å². The van der Waals surface area contributed by atoms with Gasteiger partial charge >= 0.3 is 13.5 Å². The third-order valence-corrected chi connectivity index (χ3v) is 9.82. The topological polar surface area (TPSA) is 199 Å². The molecule has 0 aliphatic rings. The molecule has 0 saturated carbocycles. The van der Waals surface area contributed by atoms with Gasteiger partial charge in [0.25, 0.3) is 0 Å². The highest BCUT2D eigenvalue weighted by Crippen LogP contribution is 2.43. The Morgan fingerprint density at radius 1 is 0.922 bits per heavy atom. The van der Waals surface area contributed by atoms with Crippen LogP contribution in [0.2, 0.25) is 0 Å². The monoisotopic (exact) mass is 743 g/mol. The maximum Gasteiger partial charge on any atom is 0.472 e. The maximum absolute atomic E-state index is 12.9. The summed E-state index contributed by atoms with van der Waals surface area (Å²) in [6, 6.07) is 2.04. The fraction of sp³-hybridized carbons (Fsp3) is 0.800. The second kappa shape index (κ2) is 24.5. The molecule has 15 nitrogen and oxygen atoms in total.